The average Bonchev–Trinajstić information content (AvgIpc) is 2.27. The Bertz CT molecular complexity index is 421. The second-order valence-electron chi connectivity index (χ2n) is 3.70. The number of likely N-dealkylation sites (N-methyl/N-ethyl adjacent to an activating group) is 1. The molecule has 2 N–H and O–H groups in total. The molecule has 5 heteroatoms. The third kappa shape index (κ3) is 4.32. The van der Waals surface area contributed by atoms with E-state index in [-0.39, 0.29) is 18.9 Å². The van der Waals surface area contributed by atoms with E-state index in [0.29, 0.717) is 12.1 Å². The van der Waals surface area contributed by atoms with Crippen LogP contribution >= 0.6 is 0 Å². The van der Waals surface area contributed by atoms with Crippen molar-refractivity contribution in [2.45, 2.75) is 6.92 Å². The Morgan fingerprint density at radius 1 is 1.35 bits per heavy atom. The van der Waals surface area contributed by atoms with Gasteiger partial charge in [0.05, 0.1) is 13.1 Å². The van der Waals surface area contributed by atoms with E-state index in [1.807, 2.05) is 6.92 Å². The summed E-state index contributed by atoms with van der Waals surface area (Å²) in [6.07, 6.45) is 0. The molecule has 0 radical (unpaired) electrons. The highest BCUT2D eigenvalue weighted by Crippen LogP contribution is 2.05. The van der Waals surface area contributed by atoms with Crippen molar-refractivity contribution in [2.24, 2.45) is 5.73 Å². The number of hydrogen-bond acceptors (Lipinski definition) is 3. The molecule has 0 aliphatic carbocycles. The number of nitrogens with two attached hydrogens (primary N) is 1. The first kappa shape index (κ1) is 13.3. The normalized spacial score (nSPS) is 10.5. The summed E-state index contributed by atoms with van der Waals surface area (Å²) < 4.78 is 12.9. The van der Waals surface area contributed by atoms with Crippen LogP contribution in [0, 0.1) is 5.82 Å². The van der Waals surface area contributed by atoms with Gasteiger partial charge in [0.1, 0.15) is 5.82 Å². The molecule has 0 heterocycles. The molecule has 0 atom stereocenters. The zero-order valence-corrected chi connectivity index (χ0v) is 9.65. The van der Waals surface area contributed by atoms with E-state index in [2.05, 4.69) is 0 Å². The van der Waals surface area contributed by atoms with Crippen LogP contribution in [0.15, 0.2) is 24.3 Å². The lowest BCUT2D eigenvalue weighted by molar-refractivity contribution is -0.118. The van der Waals surface area contributed by atoms with Crippen molar-refractivity contribution in [2.75, 3.05) is 19.6 Å². The zero-order valence-electron chi connectivity index (χ0n) is 9.65. The Morgan fingerprint density at radius 2 is 2.06 bits per heavy atom. The first-order valence-electron chi connectivity index (χ1n) is 5.32. The van der Waals surface area contributed by atoms with Gasteiger partial charge in [-0.3, -0.25) is 14.5 Å². The smallest absolute Gasteiger partial charge is 0.231 e. The summed E-state index contributed by atoms with van der Waals surface area (Å²) in [6.45, 7) is 2.44. The fraction of sp³-hybridized carbons (Fsp3) is 0.333. The molecule has 17 heavy (non-hydrogen) atoms. The molecule has 92 valence electrons. The molecule has 4 nitrogen and oxygen atoms in total. The summed E-state index contributed by atoms with van der Waals surface area (Å²) in [5.41, 5.74) is 5.35. The van der Waals surface area contributed by atoms with Crippen molar-refractivity contribution in [3.8, 4) is 0 Å². The molecular formula is C12H15FN2O2. The van der Waals surface area contributed by atoms with Gasteiger partial charge in [-0.2, -0.15) is 0 Å². The molecule has 0 saturated heterocycles. The molecule has 1 aromatic rings. The number of nitrogens with zero attached hydrogens (tertiary/aromatic N) is 1. The second-order valence-corrected chi connectivity index (χ2v) is 3.70. The molecule has 0 aliphatic rings. The minimum atomic E-state index is -0.487. The predicted molar refractivity (Wildman–Crippen MR) is 62.0 cm³/mol. The van der Waals surface area contributed by atoms with Crippen molar-refractivity contribution in [3.05, 3.63) is 35.6 Å². The van der Waals surface area contributed by atoms with Gasteiger partial charge in [0.2, 0.25) is 5.91 Å². The molecule has 0 aliphatic heterocycles. The topological polar surface area (TPSA) is 63.4 Å². The largest absolute Gasteiger partial charge is 0.369 e. The van der Waals surface area contributed by atoms with E-state index >= 15 is 0 Å². The first-order valence-corrected chi connectivity index (χ1v) is 5.32. The molecule has 0 fully saturated rings. The van der Waals surface area contributed by atoms with Gasteiger partial charge in [-0.05, 0) is 18.7 Å². The van der Waals surface area contributed by atoms with Gasteiger partial charge in [-0.25, -0.2) is 4.39 Å². The Hall–Kier alpha value is -1.75. The van der Waals surface area contributed by atoms with Crippen molar-refractivity contribution in [1.82, 2.24) is 4.90 Å². The summed E-state index contributed by atoms with van der Waals surface area (Å²) in [7, 11) is 0. The van der Waals surface area contributed by atoms with E-state index in [0.717, 1.165) is 0 Å². The summed E-state index contributed by atoms with van der Waals surface area (Å²) in [6, 6.07) is 5.48. The Labute approximate surface area is 99.2 Å². The fourth-order valence-corrected chi connectivity index (χ4v) is 1.46. The lowest BCUT2D eigenvalue weighted by Crippen LogP contribution is -2.37. The van der Waals surface area contributed by atoms with Crippen LogP contribution in [0.3, 0.4) is 0 Å². The zero-order chi connectivity index (χ0) is 12.8. The van der Waals surface area contributed by atoms with E-state index in [1.54, 1.807) is 11.0 Å². The number of carbonyl (C=O) groups is 2. The number of rotatable bonds is 6. The quantitative estimate of drug-likeness (QED) is 0.746. The molecule has 0 bridgehead atoms. The van der Waals surface area contributed by atoms with Crippen molar-refractivity contribution < 1.29 is 14.0 Å². The van der Waals surface area contributed by atoms with Gasteiger partial charge in [0.15, 0.2) is 5.78 Å². The summed E-state index contributed by atoms with van der Waals surface area (Å²) >= 11 is 0. The Morgan fingerprint density at radius 3 is 2.59 bits per heavy atom. The van der Waals surface area contributed by atoms with Crippen molar-refractivity contribution in [1.29, 1.82) is 0 Å². The highest BCUT2D eigenvalue weighted by atomic mass is 19.1. The van der Waals surface area contributed by atoms with Gasteiger partial charge >= 0.3 is 0 Å². The molecule has 0 aromatic heterocycles. The summed E-state index contributed by atoms with van der Waals surface area (Å²) in [5, 5.41) is 0. The molecule has 1 amide bonds. The monoisotopic (exact) mass is 238 g/mol. The summed E-state index contributed by atoms with van der Waals surface area (Å²) in [4.78, 5) is 24.1. The number of amides is 1. The van der Waals surface area contributed by atoms with Gasteiger partial charge in [-0.1, -0.05) is 19.1 Å². The highest BCUT2D eigenvalue weighted by molar-refractivity contribution is 5.97. The number of benzene rings is 1. The number of Topliss-reactive ketones (excluding diaryl/α,β-unsaturated/α-hetero) is 1. The molecule has 0 unspecified atom stereocenters. The molecule has 0 spiro atoms. The lowest BCUT2D eigenvalue weighted by atomic mass is 10.1. The van der Waals surface area contributed by atoms with Crippen LogP contribution in [0.25, 0.3) is 0 Å². The van der Waals surface area contributed by atoms with Crippen LogP contribution in [0.4, 0.5) is 4.39 Å². The number of hydrogen-bond donors (Lipinski definition) is 1. The van der Waals surface area contributed by atoms with Gasteiger partial charge in [0.25, 0.3) is 0 Å². The van der Waals surface area contributed by atoms with Crippen LogP contribution in [-0.4, -0.2) is 36.2 Å². The number of ketones is 1. The Balaban J connectivity index is 2.67. The van der Waals surface area contributed by atoms with E-state index in [9.17, 15) is 14.0 Å². The Kier molecular flexibility index (Phi) is 4.78. The van der Waals surface area contributed by atoms with E-state index < -0.39 is 11.7 Å². The maximum atomic E-state index is 12.9. The maximum Gasteiger partial charge on any atom is 0.231 e. The van der Waals surface area contributed by atoms with E-state index in [4.69, 9.17) is 5.73 Å². The average molecular weight is 238 g/mol. The molecule has 1 rings (SSSR count). The first-order chi connectivity index (χ1) is 8.02. The standard InChI is InChI=1S/C12H15FN2O2/c1-2-15(8-12(14)17)7-11(16)9-4-3-5-10(13)6-9/h3-6H,2,7-8H2,1H3,(H2,14,17). The minimum Gasteiger partial charge on any atom is -0.369 e. The second kappa shape index (κ2) is 6.10. The highest BCUT2D eigenvalue weighted by Gasteiger charge is 2.13. The van der Waals surface area contributed by atoms with Crippen molar-refractivity contribution >= 4 is 11.7 Å². The van der Waals surface area contributed by atoms with Crippen LogP contribution in [0.1, 0.15) is 17.3 Å². The lowest BCUT2D eigenvalue weighted by Gasteiger charge is -2.17. The van der Waals surface area contributed by atoms with Crippen LogP contribution in [0.2, 0.25) is 0 Å². The van der Waals surface area contributed by atoms with Gasteiger partial charge in [0, 0.05) is 5.56 Å². The predicted octanol–water partition coefficient (Wildman–Crippen LogP) is 0.816. The SMILES string of the molecule is CCN(CC(N)=O)CC(=O)c1cccc(F)c1. The van der Waals surface area contributed by atoms with Crippen LogP contribution < -0.4 is 5.73 Å². The minimum absolute atomic E-state index is 0.0254. The third-order valence-corrected chi connectivity index (χ3v) is 2.34. The van der Waals surface area contributed by atoms with Gasteiger partial charge < -0.3 is 5.73 Å². The molecule has 1 aromatic carbocycles. The maximum absolute atomic E-state index is 12.9. The number of primary amides is 1. The number of halogens is 1. The van der Waals surface area contributed by atoms with Crippen LogP contribution in [0.5, 0.6) is 0 Å². The molecular weight excluding hydrogens is 223 g/mol. The van der Waals surface area contributed by atoms with Crippen molar-refractivity contribution in [3.63, 3.8) is 0 Å². The fourth-order valence-electron chi connectivity index (χ4n) is 1.46. The summed E-state index contributed by atoms with van der Waals surface area (Å²) in [5.74, 6) is -1.17. The van der Waals surface area contributed by atoms with E-state index in [1.165, 1.54) is 18.2 Å². The number of carbonyl (C=O) groups excluding carboxylic acids is 2. The van der Waals surface area contributed by atoms with Crippen LogP contribution in [-0.2, 0) is 4.79 Å². The van der Waals surface area contributed by atoms with Gasteiger partial charge in [-0.15, -0.1) is 0 Å². The third-order valence-electron chi connectivity index (χ3n) is 2.34. The molecule has 0 saturated carbocycles.